The number of carbonyl (C=O) groups is 4. The zero-order chi connectivity index (χ0) is 27.6. The van der Waals surface area contributed by atoms with Crippen LogP contribution in [0.2, 0.25) is 0 Å². The number of likely N-dealkylation sites (tertiary alicyclic amines) is 2. The molecule has 2 saturated heterocycles. The van der Waals surface area contributed by atoms with Gasteiger partial charge in [0.2, 0.25) is 11.8 Å². The van der Waals surface area contributed by atoms with Gasteiger partial charge in [-0.05, 0) is 36.5 Å². The maximum atomic E-state index is 14.1. The number of aromatic nitrogens is 1. The van der Waals surface area contributed by atoms with Crippen LogP contribution < -0.4 is 5.32 Å². The normalized spacial score (nSPS) is 21.9. The van der Waals surface area contributed by atoms with Gasteiger partial charge in [-0.3, -0.25) is 24.2 Å². The maximum absolute atomic E-state index is 14.1. The summed E-state index contributed by atoms with van der Waals surface area (Å²) in [5, 5.41) is 5.80. The second-order valence-electron chi connectivity index (χ2n) is 11.3. The van der Waals surface area contributed by atoms with Crippen molar-refractivity contribution in [3.05, 3.63) is 65.3 Å². The summed E-state index contributed by atoms with van der Waals surface area (Å²) >= 11 is 1.51. The van der Waals surface area contributed by atoms with Gasteiger partial charge in [0.25, 0.3) is 5.91 Å². The molecule has 3 amide bonds. The van der Waals surface area contributed by atoms with Crippen molar-refractivity contribution in [2.24, 2.45) is 5.92 Å². The maximum Gasteiger partial charge on any atom is 0.253 e. The minimum absolute atomic E-state index is 0.0127. The molecule has 8 nitrogen and oxygen atoms in total. The Kier molecular flexibility index (Phi) is 7.65. The van der Waals surface area contributed by atoms with Gasteiger partial charge >= 0.3 is 0 Å². The SMILES string of the molecule is O=C(NC(CC1CCCCC1)C(=O)N1CCC2C1C(=O)CN2C(=O)Cc1cccnc1)c1csc2ccccc12. The summed E-state index contributed by atoms with van der Waals surface area (Å²) in [6.07, 6.45) is 10.2. The van der Waals surface area contributed by atoms with Crippen LogP contribution in [0.15, 0.2) is 54.2 Å². The minimum Gasteiger partial charge on any atom is -0.340 e. The van der Waals surface area contributed by atoms with Gasteiger partial charge in [0.05, 0.1) is 24.6 Å². The molecule has 2 aliphatic heterocycles. The van der Waals surface area contributed by atoms with Crippen LogP contribution in [0.25, 0.3) is 10.1 Å². The van der Waals surface area contributed by atoms with Gasteiger partial charge in [-0.25, -0.2) is 0 Å². The summed E-state index contributed by atoms with van der Waals surface area (Å²) in [6.45, 7) is 0.410. The Bertz CT molecular complexity index is 1420. The molecule has 6 rings (SSSR count). The number of hydrogen-bond acceptors (Lipinski definition) is 6. The molecule has 3 fully saturated rings. The molecule has 40 heavy (non-hydrogen) atoms. The number of nitrogens with one attached hydrogen (secondary N) is 1. The van der Waals surface area contributed by atoms with Crippen LogP contribution in [0.1, 0.15) is 60.9 Å². The lowest BCUT2D eigenvalue weighted by molar-refractivity contribution is -0.138. The van der Waals surface area contributed by atoms with Crippen molar-refractivity contribution in [3.8, 4) is 0 Å². The van der Waals surface area contributed by atoms with Crippen LogP contribution in [0.3, 0.4) is 0 Å². The van der Waals surface area contributed by atoms with Crippen LogP contribution >= 0.6 is 11.3 Å². The number of rotatable bonds is 7. The van der Waals surface area contributed by atoms with E-state index in [0.29, 0.717) is 30.9 Å². The van der Waals surface area contributed by atoms with Gasteiger partial charge in [0.15, 0.2) is 5.78 Å². The van der Waals surface area contributed by atoms with E-state index in [9.17, 15) is 19.2 Å². The third-order valence-electron chi connectivity index (χ3n) is 8.73. The standard InChI is InChI=1S/C31H34N4O4S/c36-26-18-35(28(37)16-21-9-6-13-32-17-21)25-12-14-34(29(25)26)31(39)24(15-20-7-2-1-3-8-20)33-30(38)23-19-40-27-11-5-4-10-22(23)27/h4-6,9-11,13,17,19-20,24-25,29H,1-3,7-8,12,14-16,18H2,(H,33,38). The Labute approximate surface area is 237 Å². The molecule has 3 aliphatic rings. The quantitative estimate of drug-likeness (QED) is 0.473. The number of hydrogen-bond donors (Lipinski definition) is 1. The van der Waals surface area contributed by atoms with E-state index in [2.05, 4.69) is 10.3 Å². The summed E-state index contributed by atoms with van der Waals surface area (Å²) in [4.78, 5) is 61.3. The van der Waals surface area contributed by atoms with Crippen molar-refractivity contribution >= 4 is 44.9 Å². The lowest BCUT2D eigenvalue weighted by Crippen LogP contribution is -2.53. The molecule has 9 heteroatoms. The highest BCUT2D eigenvalue weighted by Gasteiger charge is 2.52. The predicted molar refractivity (Wildman–Crippen MR) is 153 cm³/mol. The second kappa shape index (κ2) is 11.5. The first-order valence-electron chi connectivity index (χ1n) is 14.3. The number of pyridine rings is 1. The van der Waals surface area contributed by atoms with Gasteiger partial charge in [-0.15, -0.1) is 11.3 Å². The summed E-state index contributed by atoms with van der Waals surface area (Å²) in [5.74, 6) is -0.340. The molecule has 2 aromatic heterocycles. The molecule has 1 saturated carbocycles. The Morgan fingerprint density at radius 2 is 1.85 bits per heavy atom. The van der Waals surface area contributed by atoms with E-state index < -0.39 is 12.1 Å². The number of Topliss-reactive ketones (excluding diaryl/α,β-unsaturated/α-hetero) is 1. The zero-order valence-electron chi connectivity index (χ0n) is 22.5. The van der Waals surface area contributed by atoms with Gasteiger partial charge < -0.3 is 15.1 Å². The smallest absolute Gasteiger partial charge is 0.253 e. The van der Waals surface area contributed by atoms with Crippen molar-refractivity contribution < 1.29 is 19.2 Å². The van der Waals surface area contributed by atoms with E-state index in [0.717, 1.165) is 41.3 Å². The highest BCUT2D eigenvalue weighted by molar-refractivity contribution is 7.17. The largest absolute Gasteiger partial charge is 0.340 e. The lowest BCUT2D eigenvalue weighted by Gasteiger charge is -2.31. The Morgan fingerprint density at radius 1 is 1.02 bits per heavy atom. The van der Waals surface area contributed by atoms with E-state index in [1.165, 1.54) is 17.8 Å². The van der Waals surface area contributed by atoms with Crippen LogP contribution in [-0.4, -0.2) is 69.5 Å². The highest BCUT2D eigenvalue weighted by atomic mass is 32.1. The molecule has 208 valence electrons. The average Bonchev–Trinajstić information content (AvgIpc) is 3.69. The number of amides is 3. The molecule has 1 aliphatic carbocycles. The van der Waals surface area contributed by atoms with Gasteiger partial charge in [0.1, 0.15) is 12.1 Å². The molecule has 3 unspecified atom stereocenters. The van der Waals surface area contributed by atoms with Crippen LogP contribution in [-0.2, 0) is 20.8 Å². The molecule has 4 heterocycles. The Hall–Kier alpha value is -3.59. The average molecular weight is 559 g/mol. The summed E-state index contributed by atoms with van der Waals surface area (Å²) < 4.78 is 1.03. The fraction of sp³-hybridized carbons (Fsp3) is 0.452. The monoisotopic (exact) mass is 558 g/mol. The number of ketones is 1. The van der Waals surface area contributed by atoms with Crippen LogP contribution in [0.4, 0.5) is 0 Å². The predicted octanol–water partition coefficient (Wildman–Crippen LogP) is 3.99. The van der Waals surface area contributed by atoms with Crippen LogP contribution in [0, 0.1) is 5.92 Å². The fourth-order valence-corrected chi connectivity index (χ4v) is 7.68. The highest BCUT2D eigenvalue weighted by Crippen LogP contribution is 2.33. The molecule has 1 aromatic carbocycles. The van der Waals surface area contributed by atoms with Crippen molar-refractivity contribution in [2.45, 2.75) is 69.5 Å². The topological polar surface area (TPSA) is 99.7 Å². The third-order valence-corrected chi connectivity index (χ3v) is 9.69. The molecule has 3 atom stereocenters. The Balaban J connectivity index is 1.20. The van der Waals surface area contributed by atoms with Gasteiger partial charge in [-0.2, -0.15) is 0 Å². The number of fused-ring (bicyclic) bond motifs is 2. The number of benzene rings is 1. The van der Waals surface area contributed by atoms with E-state index in [1.807, 2.05) is 35.7 Å². The lowest BCUT2D eigenvalue weighted by atomic mass is 9.84. The minimum atomic E-state index is -0.707. The van der Waals surface area contributed by atoms with Crippen molar-refractivity contribution in [1.82, 2.24) is 20.1 Å². The summed E-state index contributed by atoms with van der Waals surface area (Å²) in [7, 11) is 0. The molecule has 0 spiro atoms. The molecule has 1 N–H and O–H groups in total. The molecular weight excluding hydrogens is 524 g/mol. The fourth-order valence-electron chi connectivity index (χ4n) is 6.74. The van der Waals surface area contributed by atoms with Crippen LogP contribution in [0.5, 0.6) is 0 Å². The first-order chi connectivity index (χ1) is 19.5. The number of carbonyl (C=O) groups excluding carboxylic acids is 4. The van der Waals surface area contributed by atoms with E-state index in [4.69, 9.17) is 0 Å². The molecule has 0 bridgehead atoms. The zero-order valence-corrected chi connectivity index (χ0v) is 23.3. The van der Waals surface area contributed by atoms with Gasteiger partial charge in [-0.1, -0.05) is 56.4 Å². The van der Waals surface area contributed by atoms with Crippen molar-refractivity contribution in [3.63, 3.8) is 0 Å². The summed E-state index contributed by atoms with van der Waals surface area (Å²) in [5.41, 5.74) is 1.37. The third kappa shape index (κ3) is 5.27. The number of nitrogens with zero attached hydrogens (tertiary/aromatic N) is 3. The summed E-state index contributed by atoms with van der Waals surface area (Å²) in [6, 6.07) is 9.72. The van der Waals surface area contributed by atoms with E-state index in [1.54, 1.807) is 28.3 Å². The van der Waals surface area contributed by atoms with E-state index >= 15 is 0 Å². The second-order valence-corrected chi connectivity index (χ2v) is 12.2. The number of thiophene rings is 1. The van der Waals surface area contributed by atoms with Gasteiger partial charge in [0, 0.05) is 34.4 Å². The first kappa shape index (κ1) is 26.6. The first-order valence-corrected chi connectivity index (χ1v) is 15.2. The van der Waals surface area contributed by atoms with E-state index in [-0.39, 0.29) is 42.5 Å². The van der Waals surface area contributed by atoms with Crippen molar-refractivity contribution in [2.75, 3.05) is 13.1 Å². The molecule has 3 aromatic rings. The Morgan fingerprint density at radius 3 is 2.65 bits per heavy atom. The van der Waals surface area contributed by atoms with Crippen molar-refractivity contribution in [1.29, 1.82) is 0 Å². The molecule has 0 radical (unpaired) electrons. The molecular formula is C31H34N4O4S.